The van der Waals surface area contributed by atoms with Gasteiger partial charge in [-0.25, -0.2) is 0 Å². The van der Waals surface area contributed by atoms with Gasteiger partial charge in [-0.15, -0.1) is 0 Å². The zero-order valence-electron chi connectivity index (χ0n) is 26.0. The quantitative estimate of drug-likeness (QED) is 0.0667. The minimum Gasteiger partial charge on any atom is -0.388 e. The fourth-order valence-electron chi connectivity index (χ4n) is 4.62. The fraction of sp³-hybridized carbons (Fsp3) is 0.200. The molecule has 0 aromatic carbocycles. The average molecular weight is 709 g/mol. The number of rotatable bonds is 12. The number of nitrogens with zero attached hydrogens (tertiary/aromatic N) is 4. The maximum Gasteiger partial charge on any atom is 0.272 e. The Kier molecular flexibility index (Phi) is 10.2. The molecule has 4 heterocycles. The monoisotopic (exact) mass is 707 g/mol. The van der Waals surface area contributed by atoms with E-state index in [1.807, 2.05) is 0 Å². The van der Waals surface area contributed by atoms with E-state index >= 15 is 0 Å². The summed E-state index contributed by atoms with van der Waals surface area (Å²) < 4.78 is 6.37. The van der Waals surface area contributed by atoms with Crippen LogP contribution in [0.3, 0.4) is 0 Å². The summed E-state index contributed by atoms with van der Waals surface area (Å²) in [6.45, 7) is 3.73. The van der Waals surface area contributed by atoms with Crippen LogP contribution in [0.25, 0.3) is 0 Å². The summed E-state index contributed by atoms with van der Waals surface area (Å²) in [4.78, 5) is 63.9. The van der Waals surface area contributed by atoms with Crippen LogP contribution in [0, 0.1) is 5.41 Å². The van der Waals surface area contributed by atoms with E-state index in [4.69, 9.17) is 11.1 Å². The largest absolute Gasteiger partial charge is 0.388 e. The molecule has 0 radical (unpaired) electrons. The van der Waals surface area contributed by atoms with E-state index in [9.17, 15) is 24.0 Å². The second-order valence-electron chi connectivity index (χ2n) is 10.7. The van der Waals surface area contributed by atoms with Crippen molar-refractivity contribution < 1.29 is 24.0 Å². The predicted octanol–water partition coefficient (Wildman–Crippen LogP) is 2.70. The Morgan fingerprint density at radius 2 is 1.19 bits per heavy atom. The SMILES string of the molecule is C=C(Br)C(=O)Nc1cc(C(=O)Nc2cn(C)cc2C(=O)Nc2cc(C(=O)Nc3cc(C(=O)NCCC(=N)N)n(C)c3)n(C)c2)n(C)c1. The third kappa shape index (κ3) is 8.26. The Morgan fingerprint density at radius 1 is 0.723 bits per heavy atom. The first-order chi connectivity index (χ1) is 22.1. The first-order valence-electron chi connectivity index (χ1n) is 14.0. The van der Waals surface area contributed by atoms with Crippen LogP contribution in [-0.2, 0) is 33.0 Å². The van der Waals surface area contributed by atoms with E-state index in [-0.39, 0.29) is 51.8 Å². The number of amidine groups is 1. The normalized spacial score (nSPS) is 10.7. The maximum atomic E-state index is 13.3. The molecule has 0 fully saturated rings. The van der Waals surface area contributed by atoms with Crippen molar-refractivity contribution in [3.05, 3.63) is 82.9 Å². The molecule has 0 bridgehead atoms. The van der Waals surface area contributed by atoms with Crippen molar-refractivity contribution in [3.63, 3.8) is 0 Å². The van der Waals surface area contributed by atoms with Crippen molar-refractivity contribution in [2.45, 2.75) is 6.42 Å². The minimum atomic E-state index is -0.530. The summed E-state index contributed by atoms with van der Waals surface area (Å²) in [6, 6.07) is 4.50. The lowest BCUT2D eigenvalue weighted by Crippen LogP contribution is -2.28. The van der Waals surface area contributed by atoms with Gasteiger partial charge in [0.05, 0.1) is 38.6 Å². The smallest absolute Gasteiger partial charge is 0.272 e. The molecule has 0 spiro atoms. The molecule has 0 atom stereocenters. The minimum absolute atomic E-state index is 0.0387. The number of aromatic nitrogens is 4. The van der Waals surface area contributed by atoms with Crippen molar-refractivity contribution in [3.8, 4) is 0 Å². The van der Waals surface area contributed by atoms with Gasteiger partial charge >= 0.3 is 0 Å². The first-order valence-corrected chi connectivity index (χ1v) is 14.8. The van der Waals surface area contributed by atoms with E-state index < -0.39 is 23.6 Å². The van der Waals surface area contributed by atoms with E-state index in [1.165, 1.54) is 27.3 Å². The number of hydrogen-bond donors (Lipinski definition) is 7. The molecule has 0 aliphatic heterocycles. The van der Waals surface area contributed by atoms with Crippen LogP contribution in [0.4, 0.5) is 22.7 Å². The summed E-state index contributed by atoms with van der Waals surface area (Å²) in [5, 5.41) is 20.8. The lowest BCUT2D eigenvalue weighted by molar-refractivity contribution is -0.112. The summed E-state index contributed by atoms with van der Waals surface area (Å²) in [7, 11) is 6.64. The Hall–Kier alpha value is -5.84. The molecule has 0 unspecified atom stereocenters. The van der Waals surface area contributed by atoms with Crippen molar-refractivity contribution >= 4 is 74.1 Å². The highest BCUT2D eigenvalue weighted by molar-refractivity contribution is 9.12. The standard InChI is InChI=1S/C30H34BrN11O5/c1-16(31)26(43)35-17-9-24(42(5)11-17)30(47)38-21-15-39(2)14-20(21)27(44)36-18-10-23(41(4)12-18)29(46)37-19-8-22(40(3)13-19)28(45)34-7-6-25(32)33/h8-15H,1,6-7H2,2-5H3,(H3,32,33)(H,34,45)(H,35,43)(H,36,44)(H,37,46)(H,38,47). The predicted molar refractivity (Wildman–Crippen MR) is 181 cm³/mol. The molecule has 17 heteroatoms. The van der Waals surface area contributed by atoms with Gasteiger partial charge in [-0.2, -0.15) is 0 Å². The zero-order chi connectivity index (χ0) is 34.6. The molecule has 0 aliphatic carbocycles. The van der Waals surface area contributed by atoms with Crippen LogP contribution in [0.1, 0.15) is 48.2 Å². The number of carbonyl (C=O) groups excluding carboxylic acids is 5. The molecule has 5 amide bonds. The second kappa shape index (κ2) is 14.1. The third-order valence-corrected chi connectivity index (χ3v) is 7.22. The molecule has 8 N–H and O–H groups in total. The molecule has 16 nitrogen and oxygen atoms in total. The van der Waals surface area contributed by atoms with Gasteiger partial charge in [0, 0.05) is 72.1 Å². The topological polar surface area (TPSA) is 215 Å². The van der Waals surface area contributed by atoms with E-state index in [1.54, 1.807) is 68.3 Å². The van der Waals surface area contributed by atoms with E-state index in [0.717, 1.165) is 0 Å². The Morgan fingerprint density at radius 3 is 1.70 bits per heavy atom. The Balaban J connectivity index is 1.42. The number of nitrogens with one attached hydrogen (secondary N) is 6. The summed E-state index contributed by atoms with van der Waals surface area (Å²) >= 11 is 3.01. The highest BCUT2D eigenvalue weighted by Gasteiger charge is 2.21. The van der Waals surface area contributed by atoms with E-state index in [2.05, 4.69) is 49.1 Å². The molecular weight excluding hydrogens is 674 g/mol. The molecule has 4 aromatic rings. The Bertz CT molecular complexity index is 1930. The molecule has 47 heavy (non-hydrogen) atoms. The Labute approximate surface area is 277 Å². The van der Waals surface area contributed by atoms with Crippen LogP contribution in [0.2, 0.25) is 0 Å². The van der Waals surface area contributed by atoms with Crippen molar-refractivity contribution in [1.82, 2.24) is 23.6 Å². The van der Waals surface area contributed by atoms with Crippen molar-refractivity contribution in [1.29, 1.82) is 5.41 Å². The fourth-order valence-corrected chi connectivity index (χ4v) is 4.72. The van der Waals surface area contributed by atoms with E-state index in [0.29, 0.717) is 22.8 Å². The number of amides is 5. The summed E-state index contributed by atoms with van der Waals surface area (Å²) in [5.41, 5.74) is 7.60. The number of anilines is 4. The van der Waals surface area contributed by atoms with Gasteiger partial charge in [0.25, 0.3) is 29.5 Å². The highest BCUT2D eigenvalue weighted by Crippen LogP contribution is 2.23. The maximum absolute atomic E-state index is 13.3. The van der Waals surface area contributed by atoms with Gasteiger partial charge in [-0.1, -0.05) is 6.58 Å². The summed E-state index contributed by atoms with van der Waals surface area (Å²) in [5.74, 6) is -2.40. The van der Waals surface area contributed by atoms with Crippen LogP contribution >= 0.6 is 15.9 Å². The molecule has 0 saturated carbocycles. The molecule has 246 valence electrons. The van der Waals surface area contributed by atoms with Gasteiger partial charge in [0.15, 0.2) is 0 Å². The first kappa shape index (κ1) is 34.0. The van der Waals surface area contributed by atoms with Gasteiger partial charge in [0.2, 0.25) is 0 Å². The number of halogens is 1. The van der Waals surface area contributed by atoms with Gasteiger partial charge in [-0.05, 0) is 34.1 Å². The highest BCUT2D eigenvalue weighted by atomic mass is 79.9. The summed E-state index contributed by atoms with van der Waals surface area (Å²) in [6.07, 6.45) is 8.06. The number of nitrogens with two attached hydrogens (primary N) is 1. The third-order valence-electron chi connectivity index (χ3n) is 6.86. The van der Waals surface area contributed by atoms with Crippen molar-refractivity contribution in [2.24, 2.45) is 33.9 Å². The molecule has 4 rings (SSSR count). The molecule has 4 aromatic heterocycles. The lowest BCUT2D eigenvalue weighted by atomic mass is 10.2. The van der Waals surface area contributed by atoms with Crippen LogP contribution < -0.4 is 32.3 Å². The van der Waals surface area contributed by atoms with Crippen LogP contribution in [-0.4, -0.2) is 60.2 Å². The van der Waals surface area contributed by atoms with Crippen LogP contribution in [0.15, 0.2) is 60.2 Å². The molecule has 0 aliphatic rings. The number of carbonyl (C=O) groups is 5. The average Bonchev–Trinajstić information content (AvgIpc) is 3.73. The zero-order valence-corrected chi connectivity index (χ0v) is 27.6. The van der Waals surface area contributed by atoms with Crippen molar-refractivity contribution in [2.75, 3.05) is 27.8 Å². The second-order valence-corrected chi connectivity index (χ2v) is 11.6. The molecular formula is C30H34BrN11O5. The molecule has 0 saturated heterocycles. The lowest BCUT2D eigenvalue weighted by Gasteiger charge is -2.07. The van der Waals surface area contributed by atoms with Gasteiger partial charge in [-0.3, -0.25) is 29.4 Å². The van der Waals surface area contributed by atoms with Gasteiger partial charge in [0.1, 0.15) is 17.1 Å². The number of hydrogen-bond acceptors (Lipinski definition) is 6. The van der Waals surface area contributed by atoms with Gasteiger partial charge < -0.3 is 50.6 Å². The number of aryl methyl sites for hydroxylation is 4. The van der Waals surface area contributed by atoms with Crippen LogP contribution in [0.5, 0.6) is 0 Å².